The molecule has 20 heavy (non-hydrogen) atoms. The summed E-state index contributed by atoms with van der Waals surface area (Å²) in [7, 11) is 2.25. The normalized spacial score (nSPS) is 19.0. The first-order valence-corrected chi connectivity index (χ1v) is 7.89. The van der Waals surface area contributed by atoms with Crippen molar-refractivity contribution >= 4 is 11.4 Å². The Morgan fingerprint density at radius 1 is 1.10 bits per heavy atom. The number of anilines is 2. The van der Waals surface area contributed by atoms with E-state index >= 15 is 0 Å². The van der Waals surface area contributed by atoms with Gasteiger partial charge in [-0.15, -0.1) is 0 Å². The molecule has 0 amide bonds. The summed E-state index contributed by atoms with van der Waals surface area (Å²) in [5.74, 6) is 0.561. The van der Waals surface area contributed by atoms with Gasteiger partial charge in [0.15, 0.2) is 0 Å². The molecule has 1 atom stereocenters. The molecule has 0 N–H and O–H groups in total. The standard InChI is InChI=1S/C18H30N2/c1-11(2)16-9-13(5)15(7)17-18(16)20(12(3)4)10-14(6)19(17)8/h9,11-12,14H,10H2,1-8H3/t14-/m0/s1. The Labute approximate surface area is 124 Å². The molecule has 1 aromatic carbocycles. The summed E-state index contributed by atoms with van der Waals surface area (Å²) in [6.45, 7) is 17.2. The summed E-state index contributed by atoms with van der Waals surface area (Å²) in [5.41, 5.74) is 7.26. The Bertz CT molecular complexity index is 503. The van der Waals surface area contributed by atoms with Crippen LogP contribution in [0.25, 0.3) is 0 Å². The Balaban J connectivity index is 2.76. The molecule has 1 aromatic rings. The van der Waals surface area contributed by atoms with Crippen LogP contribution in [0.5, 0.6) is 0 Å². The number of hydrogen-bond donors (Lipinski definition) is 0. The molecule has 0 spiro atoms. The molecule has 0 unspecified atom stereocenters. The number of fused-ring (bicyclic) bond motifs is 1. The SMILES string of the molecule is Cc1cc(C(C)C)c2c(c1C)N(C)[C@@H](C)CN2C(C)C. The minimum Gasteiger partial charge on any atom is -0.368 e. The van der Waals surface area contributed by atoms with Gasteiger partial charge in [0.2, 0.25) is 0 Å². The van der Waals surface area contributed by atoms with Gasteiger partial charge in [0.25, 0.3) is 0 Å². The zero-order valence-electron chi connectivity index (χ0n) is 14.4. The van der Waals surface area contributed by atoms with Crippen LogP contribution in [0.4, 0.5) is 11.4 Å². The van der Waals surface area contributed by atoms with Gasteiger partial charge in [0.1, 0.15) is 0 Å². The average Bonchev–Trinajstić information content (AvgIpc) is 2.36. The van der Waals surface area contributed by atoms with Crippen molar-refractivity contribution in [1.29, 1.82) is 0 Å². The van der Waals surface area contributed by atoms with E-state index in [1.165, 1.54) is 28.1 Å². The van der Waals surface area contributed by atoms with Gasteiger partial charge in [-0.3, -0.25) is 0 Å². The lowest BCUT2D eigenvalue weighted by molar-refractivity contribution is 0.572. The summed E-state index contributed by atoms with van der Waals surface area (Å²) < 4.78 is 0. The topological polar surface area (TPSA) is 6.48 Å². The molecular formula is C18H30N2. The van der Waals surface area contributed by atoms with E-state index in [0.29, 0.717) is 18.0 Å². The molecule has 1 heterocycles. The Kier molecular flexibility index (Phi) is 4.04. The molecule has 2 rings (SSSR count). The fraction of sp³-hybridized carbons (Fsp3) is 0.667. The maximum Gasteiger partial charge on any atom is 0.0645 e. The zero-order valence-corrected chi connectivity index (χ0v) is 14.4. The van der Waals surface area contributed by atoms with E-state index in [-0.39, 0.29) is 0 Å². The second kappa shape index (κ2) is 5.31. The van der Waals surface area contributed by atoms with Crippen molar-refractivity contribution in [2.75, 3.05) is 23.4 Å². The van der Waals surface area contributed by atoms with Gasteiger partial charge in [-0.1, -0.05) is 19.9 Å². The van der Waals surface area contributed by atoms with Crippen LogP contribution in [0, 0.1) is 13.8 Å². The molecule has 0 radical (unpaired) electrons. The molecule has 0 saturated carbocycles. The third-order valence-electron chi connectivity index (χ3n) is 4.82. The molecule has 2 nitrogen and oxygen atoms in total. The molecule has 0 aliphatic carbocycles. The highest BCUT2D eigenvalue weighted by Gasteiger charge is 2.31. The molecule has 1 aliphatic rings. The number of benzene rings is 1. The van der Waals surface area contributed by atoms with Crippen LogP contribution in [0.1, 0.15) is 57.2 Å². The third-order valence-corrected chi connectivity index (χ3v) is 4.82. The number of rotatable bonds is 2. The summed E-state index contributed by atoms with van der Waals surface area (Å²) in [5, 5.41) is 0. The van der Waals surface area contributed by atoms with Gasteiger partial charge in [0.05, 0.1) is 11.4 Å². The first kappa shape index (κ1) is 15.2. The molecule has 1 aliphatic heterocycles. The van der Waals surface area contributed by atoms with Crippen molar-refractivity contribution in [3.8, 4) is 0 Å². The average molecular weight is 274 g/mol. The van der Waals surface area contributed by atoms with Crippen LogP contribution in [-0.2, 0) is 0 Å². The fourth-order valence-corrected chi connectivity index (χ4v) is 3.27. The molecule has 0 bridgehead atoms. The van der Waals surface area contributed by atoms with Crippen molar-refractivity contribution in [2.24, 2.45) is 0 Å². The Hall–Kier alpha value is -1.18. The van der Waals surface area contributed by atoms with Crippen LogP contribution in [0.3, 0.4) is 0 Å². The van der Waals surface area contributed by atoms with E-state index in [9.17, 15) is 0 Å². The first-order chi connectivity index (χ1) is 9.25. The van der Waals surface area contributed by atoms with E-state index in [2.05, 4.69) is 71.4 Å². The van der Waals surface area contributed by atoms with Crippen molar-refractivity contribution in [2.45, 2.75) is 66.5 Å². The van der Waals surface area contributed by atoms with Crippen LogP contribution in [0.15, 0.2) is 6.07 Å². The summed E-state index contributed by atoms with van der Waals surface area (Å²) in [4.78, 5) is 5.07. The number of aryl methyl sites for hydroxylation is 1. The second-order valence-corrected chi connectivity index (χ2v) is 6.97. The molecular weight excluding hydrogens is 244 g/mol. The monoisotopic (exact) mass is 274 g/mol. The third kappa shape index (κ3) is 2.30. The van der Waals surface area contributed by atoms with E-state index in [1.807, 2.05) is 0 Å². The van der Waals surface area contributed by atoms with E-state index in [0.717, 1.165) is 6.54 Å². The first-order valence-electron chi connectivity index (χ1n) is 7.89. The molecule has 0 aromatic heterocycles. The maximum absolute atomic E-state index is 2.60. The Morgan fingerprint density at radius 2 is 1.70 bits per heavy atom. The summed E-state index contributed by atoms with van der Waals surface area (Å²) in [6, 6.07) is 3.51. The van der Waals surface area contributed by atoms with Crippen LogP contribution < -0.4 is 9.80 Å². The molecule has 2 heteroatoms. The zero-order chi connectivity index (χ0) is 15.2. The second-order valence-electron chi connectivity index (χ2n) is 6.97. The minimum atomic E-state index is 0.546. The van der Waals surface area contributed by atoms with E-state index in [4.69, 9.17) is 0 Å². The van der Waals surface area contributed by atoms with Gasteiger partial charge in [0, 0.05) is 25.7 Å². The largest absolute Gasteiger partial charge is 0.368 e. The predicted octanol–water partition coefficient (Wildman–Crippen LogP) is 4.48. The van der Waals surface area contributed by atoms with Crippen LogP contribution in [0.2, 0.25) is 0 Å². The number of likely N-dealkylation sites (N-methyl/N-ethyl adjacent to an activating group) is 1. The highest BCUT2D eigenvalue weighted by molar-refractivity contribution is 5.82. The van der Waals surface area contributed by atoms with Gasteiger partial charge in [-0.05, 0) is 57.2 Å². The van der Waals surface area contributed by atoms with Crippen molar-refractivity contribution < 1.29 is 0 Å². The number of hydrogen-bond acceptors (Lipinski definition) is 2. The summed E-state index contributed by atoms with van der Waals surface area (Å²) in [6.07, 6.45) is 0. The summed E-state index contributed by atoms with van der Waals surface area (Å²) >= 11 is 0. The van der Waals surface area contributed by atoms with Crippen LogP contribution >= 0.6 is 0 Å². The van der Waals surface area contributed by atoms with Crippen LogP contribution in [-0.4, -0.2) is 25.7 Å². The Morgan fingerprint density at radius 3 is 2.20 bits per heavy atom. The smallest absolute Gasteiger partial charge is 0.0645 e. The fourth-order valence-electron chi connectivity index (χ4n) is 3.27. The highest BCUT2D eigenvalue weighted by atomic mass is 15.3. The van der Waals surface area contributed by atoms with Gasteiger partial charge >= 0.3 is 0 Å². The van der Waals surface area contributed by atoms with Crippen molar-refractivity contribution in [1.82, 2.24) is 0 Å². The lowest BCUT2D eigenvalue weighted by Crippen LogP contribution is -2.49. The predicted molar refractivity (Wildman–Crippen MR) is 90.4 cm³/mol. The highest BCUT2D eigenvalue weighted by Crippen LogP contribution is 2.44. The molecule has 0 saturated heterocycles. The van der Waals surface area contributed by atoms with Crippen molar-refractivity contribution in [3.63, 3.8) is 0 Å². The maximum atomic E-state index is 2.60. The van der Waals surface area contributed by atoms with E-state index < -0.39 is 0 Å². The molecule has 112 valence electrons. The van der Waals surface area contributed by atoms with E-state index in [1.54, 1.807) is 0 Å². The minimum absolute atomic E-state index is 0.546. The van der Waals surface area contributed by atoms with Crippen molar-refractivity contribution in [3.05, 3.63) is 22.8 Å². The van der Waals surface area contributed by atoms with Gasteiger partial charge in [-0.2, -0.15) is 0 Å². The quantitative estimate of drug-likeness (QED) is 0.784. The lowest BCUT2D eigenvalue weighted by Gasteiger charge is -2.46. The van der Waals surface area contributed by atoms with Gasteiger partial charge < -0.3 is 9.80 Å². The van der Waals surface area contributed by atoms with Gasteiger partial charge in [-0.25, -0.2) is 0 Å². The number of nitrogens with zero attached hydrogens (tertiary/aromatic N) is 2. The lowest BCUT2D eigenvalue weighted by atomic mass is 9.90. The molecule has 0 fully saturated rings.